The molecule has 126 valence electrons. The molecular formula is C20H13N3O3. The van der Waals surface area contributed by atoms with Crippen molar-refractivity contribution >= 4 is 17.2 Å². The first-order valence-electron chi connectivity index (χ1n) is 8.03. The van der Waals surface area contributed by atoms with Crippen LogP contribution in [0.4, 0.5) is 5.69 Å². The van der Waals surface area contributed by atoms with Gasteiger partial charge in [-0.25, -0.2) is 0 Å². The van der Waals surface area contributed by atoms with Gasteiger partial charge in [0.15, 0.2) is 5.78 Å². The van der Waals surface area contributed by atoms with Gasteiger partial charge in [0.1, 0.15) is 0 Å². The van der Waals surface area contributed by atoms with E-state index in [0.717, 1.165) is 5.56 Å². The fourth-order valence-corrected chi connectivity index (χ4v) is 3.63. The van der Waals surface area contributed by atoms with Crippen LogP contribution in [0.1, 0.15) is 34.3 Å². The molecule has 26 heavy (non-hydrogen) atoms. The number of ketones is 1. The van der Waals surface area contributed by atoms with Gasteiger partial charge < -0.3 is 5.32 Å². The van der Waals surface area contributed by atoms with Gasteiger partial charge in [0, 0.05) is 34.5 Å². The van der Waals surface area contributed by atoms with Crippen LogP contribution in [0.5, 0.6) is 0 Å². The monoisotopic (exact) mass is 343 g/mol. The molecule has 1 heterocycles. The summed E-state index contributed by atoms with van der Waals surface area (Å²) < 4.78 is 0. The van der Waals surface area contributed by atoms with E-state index in [-0.39, 0.29) is 11.5 Å². The van der Waals surface area contributed by atoms with Gasteiger partial charge in [0.25, 0.3) is 5.69 Å². The van der Waals surface area contributed by atoms with Crippen LogP contribution >= 0.6 is 0 Å². The van der Waals surface area contributed by atoms with Crippen molar-refractivity contribution in [3.8, 4) is 6.07 Å². The van der Waals surface area contributed by atoms with Crippen molar-refractivity contribution in [1.29, 1.82) is 5.26 Å². The van der Waals surface area contributed by atoms with Crippen molar-refractivity contribution in [3.63, 3.8) is 0 Å². The first-order valence-corrected chi connectivity index (χ1v) is 8.03. The molecule has 4 rings (SSSR count). The summed E-state index contributed by atoms with van der Waals surface area (Å²) in [6.07, 6.45) is 0. The summed E-state index contributed by atoms with van der Waals surface area (Å²) in [5, 5.41) is 24.0. The van der Waals surface area contributed by atoms with Crippen molar-refractivity contribution in [1.82, 2.24) is 5.32 Å². The molecular weight excluding hydrogens is 330 g/mol. The molecule has 0 fully saturated rings. The second-order valence-corrected chi connectivity index (χ2v) is 6.22. The lowest BCUT2D eigenvalue weighted by atomic mass is 9.80. The number of hydrogen-bond acceptors (Lipinski definition) is 5. The van der Waals surface area contributed by atoms with Gasteiger partial charge in [-0.1, -0.05) is 36.4 Å². The smallest absolute Gasteiger partial charge is 0.269 e. The summed E-state index contributed by atoms with van der Waals surface area (Å²) in [6, 6.07) is 15.6. The Morgan fingerprint density at radius 1 is 1.15 bits per heavy atom. The zero-order valence-electron chi connectivity index (χ0n) is 13.8. The normalized spacial score (nSPS) is 18.2. The van der Waals surface area contributed by atoms with E-state index in [2.05, 4.69) is 11.4 Å². The zero-order valence-corrected chi connectivity index (χ0v) is 13.8. The van der Waals surface area contributed by atoms with Crippen molar-refractivity contribution < 1.29 is 9.72 Å². The molecule has 0 radical (unpaired) electrons. The Kier molecular flexibility index (Phi) is 3.44. The number of carbonyl (C=O) groups excluding carboxylic acids is 1. The number of nitrogens with zero attached hydrogens (tertiary/aromatic N) is 2. The lowest BCUT2D eigenvalue weighted by Crippen LogP contribution is -2.24. The van der Waals surface area contributed by atoms with Gasteiger partial charge in [0.2, 0.25) is 0 Å². The standard InChI is InChI=1S/C20H13N3O3/c1-11-16(10-21)17(12-5-4-6-13(9-12)23(25)26)18-19(22-11)14-7-2-3-8-15(14)20(18)24/h2-9,17,22H,1H3. The largest absolute Gasteiger partial charge is 0.357 e. The fourth-order valence-electron chi connectivity index (χ4n) is 3.63. The predicted octanol–water partition coefficient (Wildman–Crippen LogP) is 3.69. The van der Waals surface area contributed by atoms with Crippen LogP contribution in [-0.4, -0.2) is 10.7 Å². The average Bonchev–Trinajstić information content (AvgIpc) is 2.93. The van der Waals surface area contributed by atoms with E-state index in [4.69, 9.17) is 0 Å². The average molecular weight is 343 g/mol. The summed E-state index contributed by atoms with van der Waals surface area (Å²) in [5.74, 6) is -0.782. The fraction of sp³-hybridized carbons (Fsp3) is 0.100. The Labute approximate surface area is 149 Å². The van der Waals surface area contributed by atoms with Gasteiger partial charge in [0.05, 0.1) is 28.2 Å². The molecule has 2 aromatic carbocycles. The molecule has 1 aliphatic heterocycles. The number of rotatable bonds is 2. The SMILES string of the molecule is CC1=C(C#N)C(c2cccc([N+](=O)[O-])c2)C2=C(N1)c1ccccc1C2=O. The summed E-state index contributed by atoms with van der Waals surface area (Å²) in [6.45, 7) is 1.78. The Hall–Kier alpha value is -3.72. The van der Waals surface area contributed by atoms with Crippen molar-refractivity contribution in [2.24, 2.45) is 0 Å². The number of allylic oxidation sites excluding steroid dienone is 3. The van der Waals surface area contributed by atoms with Crippen LogP contribution in [0.3, 0.4) is 0 Å². The third kappa shape index (κ3) is 2.15. The lowest BCUT2D eigenvalue weighted by molar-refractivity contribution is -0.384. The molecule has 0 spiro atoms. The van der Waals surface area contributed by atoms with Crippen molar-refractivity contribution in [3.05, 3.63) is 92.2 Å². The molecule has 1 unspecified atom stereocenters. The Balaban J connectivity index is 1.95. The van der Waals surface area contributed by atoms with Gasteiger partial charge in [-0.3, -0.25) is 14.9 Å². The van der Waals surface area contributed by atoms with Crippen LogP contribution in [0.25, 0.3) is 5.70 Å². The molecule has 1 atom stereocenters. The van der Waals surface area contributed by atoms with Crippen LogP contribution < -0.4 is 5.32 Å². The number of benzene rings is 2. The summed E-state index contributed by atoms with van der Waals surface area (Å²) in [4.78, 5) is 23.7. The number of dihydropyridines is 1. The summed E-state index contributed by atoms with van der Waals surface area (Å²) in [5.41, 5.74) is 4.04. The minimum absolute atomic E-state index is 0.0684. The van der Waals surface area contributed by atoms with Gasteiger partial charge in [-0.15, -0.1) is 0 Å². The third-order valence-corrected chi connectivity index (χ3v) is 4.78. The van der Waals surface area contributed by atoms with Crippen molar-refractivity contribution in [2.45, 2.75) is 12.8 Å². The summed E-state index contributed by atoms with van der Waals surface area (Å²) >= 11 is 0. The first-order chi connectivity index (χ1) is 12.5. The second-order valence-electron chi connectivity index (χ2n) is 6.22. The predicted molar refractivity (Wildman–Crippen MR) is 95.0 cm³/mol. The maximum atomic E-state index is 13.0. The van der Waals surface area contributed by atoms with Gasteiger partial charge >= 0.3 is 0 Å². The highest BCUT2D eigenvalue weighted by Gasteiger charge is 2.40. The quantitative estimate of drug-likeness (QED) is 0.663. The van der Waals surface area contributed by atoms with E-state index in [9.17, 15) is 20.2 Å². The number of hydrogen-bond donors (Lipinski definition) is 1. The lowest BCUT2D eigenvalue weighted by Gasteiger charge is -2.26. The maximum absolute atomic E-state index is 13.0. The van der Waals surface area contributed by atoms with E-state index in [1.807, 2.05) is 12.1 Å². The molecule has 0 saturated heterocycles. The molecule has 0 amide bonds. The van der Waals surface area contributed by atoms with Crippen molar-refractivity contribution in [2.75, 3.05) is 0 Å². The number of fused-ring (bicyclic) bond motifs is 2. The highest BCUT2D eigenvalue weighted by atomic mass is 16.6. The molecule has 6 heteroatoms. The third-order valence-electron chi connectivity index (χ3n) is 4.78. The van der Waals surface area contributed by atoms with E-state index in [1.165, 1.54) is 12.1 Å². The highest BCUT2D eigenvalue weighted by molar-refractivity contribution is 6.22. The number of nitriles is 1. The number of nitrogens with one attached hydrogen (secondary N) is 1. The van der Waals surface area contributed by atoms with Crippen LogP contribution in [0.2, 0.25) is 0 Å². The number of non-ortho nitro benzene ring substituents is 1. The maximum Gasteiger partial charge on any atom is 0.269 e. The van der Waals surface area contributed by atoms with Crippen LogP contribution in [0.15, 0.2) is 65.4 Å². The molecule has 0 bridgehead atoms. The molecule has 0 aromatic heterocycles. The van der Waals surface area contributed by atoms with E-state index >= 15 is 0 Å². The second kappa shape index (κ2) is 5.67. The minimum atomic E-state index is -0.629. The molecule has 2 aliphatic rings. The molecule has 1 aliphatic carbocycles. The van der Waals surface area contributed by atoms with Gasteiger partial charge in [-0.2, -0.15) is 5.26 Å². The van der Waals surface area contributed by atoms with Gasteiger partial charge in [-0.05, 0) is 12.5 Å². The zero-order chi connectivity index (χ0) is 18.4. The molecule has 6 nitrogen and oxygen atoms in total. The van der Waals surface area contributed by atoms with E-state index in [1.54, 1.807) is 31.2 Å². The number of nitro groups is 1. The van der Waals surface area contributed by atoms with E-state index < -0.39 is 10.8 Å². The van der Waals surface area contributed by atoms with Crippen LogP contribution in [-0.2, 0) is 0 Å². The topological polar surface area (TPSA) is 96.0 Å². The molecule has 2 aromatic rings. The summed E-state index contributed by atoms with van der Waals surface area (Å²) in [7, 11) is 0. The number of carbonyl (C=O) groups is 1. The number of Topliss-reactive ketones (excluding diaryl/α,β-unsaturated/α-hetero) is 1. The highest BCUT2D eigenvalue weighted by Crippen LogP contribution is 2.46. The Morgan fingerprint density at radius 3 is 2.58 bits per heavy atom. The Morgan fingerprint density at radius 2 is 1.88 bits per heavy atom. The number of nitro benzene ring substituents is 1. The molecule has 0 saturated carbocycles. The Bertz CT molecular complexity index is 1090. The van der Waals surface area contributed by atoms with E-state index in [0.29, 0.717) is 33.7 Å². The minimum Gasteiger partial charge on any atom is -0.357 e. The molecule has 1 N–H and O–H groups in total. The van der Waals surface area contributed by atoms with Crippen LogP contribution in [0, 0.1) is 21.4 Å². The first kappa shape index (κ1) is 15.8.